The van der Waals surface area contributed by atoms with Crippen LogP contribution >= 0.6 is 0 Å². The first-order valence-corrected chi connectivity index (χ1v) is 11.5. The summed E-state index contributed by atoms with van der Waals surface area (Å²) in [7, 11) is 0. The molecule has 1 aromatic carbocycles. The number of ether oxygens (including phenoxy) is 1. The third-order valence-corrected chi connectivity index (χ3v) is 6.19. The van der Waals surface area contributed by atoms with Crippen LogP contribution in [-0.4, -0.2) is 51.2 Å². The quantitative estimate of drug-likeness (QED) is 0.397. The van der Waals surface area contributed by atoms with Crippen LogP contribution in [0.5, 0.6) is 0 Å². The van der Waals surface area contributed by atoms with Crippen molar-refractivity contribution in [2.75, 3.05) is 19.7 Å². The number of alkyl halides is 3. The van der Waals surface area contributed by atoms with E-state index in [9.17, 15) is 18.0 Å². The fourth-order valence-corrected chi connectivity index (χ4v) is 4.31. The van der Waals surface area contributed by atoms with Crippen LogP contribution in [0.3, 0.4) is 0 Å². The molecule has 0 bridgehead atoms. The number of nitrogens with one attached hydrogen (secondary N) is 2. The number of hydrogen-bond donors (Lipinski definition) is 2. The van der Waals surface area contributed by atoms with E-state index in [2.05, 4.69) is 32.3 Å². The second kappa shape index (κ2) is 9.44. The largest absolute Gasteiger partial charge is 0.411 e. The number of aromatic nitrogens is 3. The van der Waals surface area contributed by atoms with E-state index < -0.39 is 12.8 Å². The molecule has 1 unspecified atom stereocenters. The van der Waals surface area contributed by atoms with Gasteiger partial charge in [-0.25, -0.2) is 4.98 Å². The van der Waals surface area contributed by atoms with Crippen LogP contribution in [0.2, 0.25) is 0 Å². The molecule has 0 spiro atoms. The van der Waals surface area contributed by atoms with Gasteiger partial charge >= 0.3 is 6.18 Å². The monoisotopic (exact) mass is 485 g/mol. The zero-order valence-electron chi connectivity index (χ0n) is 19.2. The van der Waals surface area contributed by atoms with E-state index in [1.54, 1.807) is 18.3 Å². The van der Waals surface area contributed by atoms with E-state index in [4.69, 9.17) is 4.74 Å². The Kier molecular flexibility index (Phi) is 6.35. The van der Waals surface area contributed by atoms with Crippen LogP contribution in [0, 0.1) is 0 Å². The van der Waals surface area contributed by atoms with Crippen molar-refractivity contribution in [1.82, 2.24) is 24.6 Å². The summed E-state index contributed by atoms with van der Waals surface area (Å²) in [5.41, 5.74) is 4.29. The van der Waals surface area contributed by atoms with Gasteiger partial charge in [-0.1, -0.05) is 18.2 Å². The van der Waals surface area contributed by atoms with E-state index in [0.717, 1.165) is 22.2 Å². The van der Waals surface area contributed by atoms with Gasteiger partial charge in [0.2, 0.25) is 0 Å². The molecule has 0 amide bonds. The maximum atomic E-state index is 12.4. The molecule has 7 nitrogen and oxygen atoms in total. The summed E-state index contributed by atoms with van der Waals surface area (Å²) >= 11 is 0. The Hall–Kier alpha value is -3.21. The normalized spacial score (nSPS) is 16.1. The van der Waals surface area contributed by atoms with Crippen LogP contribution < -0.4 is 10.9 Å². The second-order valence-electron chi connectivity index (χ2n) is 9.01. The van der Waals surface area contributed by atoms with Crippen LogP contribution in [-0.2, 0) is 17.8 Å². The molecular weight excluding hydrogens is 459 g/mol. The van der Waals surface area contributed by atoms with Gasteiger partial charge < -0.3 is 15.0 Å². The lowest BCUT2D eigenvalue weighted by molar-refractivity contribution is -0.199. The molecule has 3 aromatic heterocycles. The summed E-state index contributed by atoms with van der Waals surface area (Å²) in [6, 6.07) is 15.1. The van der Waals surface area contributed by atoms with Gasteiger partial charge in [0.15, 0.2) is 0 Å². The molecule has 0 aliphatic carbocycles. The minimum atomic E-state index is -4.29. The predicted molar refractivity (Wildman–Crippen MR) is 126 cm³/mol. The number of rotatable bonds is 8. The number of pyridine rings is 1. The highest BCUT2D eigenvalue weighted by Crippen LogP contribution is 2.23. The van der Waals surface area contributed by atoms with Crippen LogP contribution in [0.4, 0.5) is 13.2 Å². The summed E-state index contributed by atoms with van der Waals surface area (Å²) in [5, 5.41) is 4.51. The SMILES string of the molecule is CC(NCc1ccc2cc(CN3CC(OCC(F)(F)F)C3)[nH]c2c1)c1cc(=O)n2ccccc2n1. The van der Waals surface area contributed by atoms with Crippen molar-refractivity contribution in [2.45, 2.75) is 38.3 Å². The number of halogens is 3. The van der Waals surface area contributed by atoms with E-state index in [1.165, 1.54) is 4.40 Å². The third-order valence-electron chi connectivity index (χ3n) is 6.19. The van der Waals surface area contributed by atoms with Crippen molar-refractivity contribution in [1.29, 1.82) is 0 Å². The van der Waals surface area contributed by atoms with Crippen molar-refractivity contribution in [3.8, 4) is 0 Å². The summed E-state index contributed by atoms with van der Waals surface area (Å²) < 4.78 is 43.2. The summed E-state index contributed by atoms with van der Waals surface area (Å²) in [6.45, 7) is 3.00. The minimum Gasteiger partial charge on any atom is -0.366 e. The molecule has 184 valence electrons. The number of aromatic amines is 1. The van der Waals surface area contributed by atoms with Crippen molar-refractivity contribution in [3.05, 3.63) is 82.0 Å². The first kappa shape index (κ1) is 23.5. The first-order valence-electron chi connectivity index (χ1n) is 11.5. The van der Waals surface area contributed by atoms with Crippen molar-refractivity contribution >= 4 is 16.6 Å². The van der Waals surface area contributed by atoms with Crippen molar-refractivity contribution in [2.24, 2.45) is 0 Å². The molecule has 1 aliphatic rings. The standard InChI is InChI=1S/C25H26F3N5O2/c1-16(21-10-24(34)33-7-3-2-4-23(33)31-21)29-11-17-5-6-18-9-19(30-22(18)8-17)12-32-13-20(14-32)35-15-25(26,27)28/h2-10,16,20,29-30H,11-15H2,1H3. The van der Waals surface area contributed by atoms with Gasteiger partial charge in [-0.15, -0.1) is 0 Å². The molecule has 2 N–H and O–H groups in total. The molecule has 4 aromatic rings. The lowest BCUT2D eigenvalue weighted by Crippen LogP contribution is -2.52. The molecule has 35 heavy (non-hydrogen) atoms. The van der Waals surface area contributed by atoms with Crippen LogP contribution in [0.1, 0.15) is 29.9 Å². The zero-order valence-corrected chi connectivity index (χ0v) is 19.2. The number of fused-ring (bicyclic) bond motifs is 2. The van der Waals surface area contributed by atoms with E-state index in [0.29, 0.717) is 37.5 Å². The Labute approximate surface area is 199 Å². The van der Waals surface area contributed by atoms with Crippen molar-refractivity contribution < 1.29 is 17.9 Å². The van der Waals surface area contributed by atoms with Gasteiger partial charge in [0, 0.05) is 55.7 Å². The number of H-pyrrole nitrogens is 1. The van der Waals surface area contributed by atoms with Crippen molar-refractivity contribution in [3.63, 3.8) is 0 Å². The van der Waals surface area contributed by atoms with Gasteiger partial charge in [-0.05, 0) is 42.1 Å². The lowest BCUT2D eigenvalue weighted by atomic mass is 10.1. The number of benzene rings is 1. The predicted octanol–water partition coefficient (Wildman–Crippen LogP) is 3.79. The average Bonchev–Trinajstić information content (AvgIpc) is 3.20. The van der Waals surface area contributed by atoms with Gasteiger partial charge in [0.05, 0.1) is 11.8 Å². The van der Waals surface area contributed by atoms with Gasteiger partial charge in [-0.3, -0.25) is 14.1 Å². The molecule has 1 fully saturated rings. The zero-order chi connectivity index (χ0) is 24.6. The fraction of sp³-hybridized carbons (Fsp3) is 0.360. The molecule has 1 atom stereocenters. The Morgan fingerprint density at radius 2 is 2.03 bits per heavy atom. The highest BCUT2D eigenvalue weighted by atomic mass is 19.4. The van der Waals surface area contributed by atoms with Gasteiger partial charge in [-0.2, -0.15) is 13.2 Å². The van der Waals surface area contributed by atoms with Gasteiger partial charge in [0.1, 0.15) is 12.3 Å². The number of hydrogen-bond acceptors (Lipinski definition) is 5. The second-order valence-corrected chi connectivity index (χ2v) is 9.01. The molecule has 4 heterocycles. The summed E-state index contributed by atoms with van der Waals surface area (Å²) in [6.07, 6.45) is -2.95. The molecule has 1 saturated heterocycles. The third kappa shape index (κ3) is 5.55. The Morgan fingerprint density at radius 1 is 1.20 bits per heavy atom. The minimum absolute atomic E-state index is 0.110. The highest BCUT2D eigenvalue weighted by molar-refractivity contribution is 5.81. The average molecular weight is 486 g/mol. The smallest absolute Gasteiger partial charge is 0.366 e. The van der Waals surface area contributed by atoms with E-state index in [1.807, 2.05) is 31.2 Å². The van der Waals surface area contributed by atoms with E-state index >= 15 is 0 Å². The Bertz CT molecular complexity index is 1390. The number of likely N-dealkylation sites (tertiary alicyclic amines) is 1. The molecule has 0 radical (unpaired) electrons. The summed E-state index contributed by atoms with van der Waals surface area (Å²) in [4.78, 5) is 22.4. The maximum absolute atomic E-state index is 12.4. The van der Waals surface area contributed by atoms with Gasteiger partial charge in [0.25, 0.3) is 5.56 Å². The van der Waals surface area contributed by atoms with Crippen LogP contribution in [0.15, 0.2) is 59.5 Å². The molecule has 10 heteroatoms. The van der Waals surface area contributed by atoms with E-state index in [-0.39, 0.29) is 17.7 Å². The molecule has 0 saturated carbocycles. The first-order chi connectivity index (χ1) is 16.7. The lowest BCUT2D eigenvalue weighted by Gasteiger charge is -2.38. The Balaban J connectivity index is 1.17. The topological polar surface area (TPSA) is 74.7 Å². The number of nitrogens with zero attached hydrogens (tertiary/aromatic N) is 3. The summed E-state index contributed by atoms with van der Waals surface area (Å²) in [5.74, 6) is 0. The molecule has 5 rings (SSSR count). The Morgan fingerprint density at radius 3 is 2.83 bits per heavy atom. The highest BCUT2D eigenvalue weighted by Gasteiger charge is 2.34. The molecular formula is C25H26F3N5O2. The maximum Gasteiger partial charge on any atom is 0.411 e. The fourth-order valence-electron chi connectivity index (χ4n) is 4.31. The van der Waals surface area contributed by atoms with Crippen LogP contribution in [0.25, 0.3) is 16.6 Å². The molecule has 1 aliphatic heterocycles.